The summed E-state index contributed by atoms with van der Waals surface area (Å²) in [5, 5.41) is 0.524. The van der Waals surface area contributed by atoms with E-state index >= 15 is 0 Å². The number of para-hydroxylation sites is 1. The van der Waals surface area contributed by atoms with E-state index < -0.39 is 6.04 Å². The molecular formula is C29H31N3O4. The maximum atomic E-state index is 13.8. The van der Waals surface area contributed by atoms with E-state index in [1.54, 1.807) is 54.0 Å². The molecule has 7 nitrogen and oxygen atoms in total. The van der Waals surface area contributed by atoms with E-state index in [4.69, 9.17) is 14.5 Å². The van der Waals surface area contributed by atoms with Gasteiger partial charge in [-0.05, 0) is 62.7 Å². The fourth-order valence-corrected chi connectivity index (χ4v) is 4.44. The van der Waals surface area contributed by atoms with Gasteiger partial charge in [-0.3, -0.25) is 14.2 Å². The number of methoxy groups -OCH3 is 2. The van der Waals surface area contributed by atoms with Crippen LogP contribution in [0.4, 0.5) is 0 Å². The Hall–Kier alpha value is -3.97. The molecular weight excluding hydrogens is 454 g/mol. The number of rotatable bonds is 8. The van der Waals surface area contributed by atoms with Crippen molar-refractivity contribution >= 4 is 16.8 Å². The minimum atomic E-state index is -0.531. The van der Waals surface area contributed by atoms with Crippen LogP contribution in [0.1, 0.15) is 40.3 Å². The van der Waals surface area contributed by atoms with Crippen molar-refractivity contribution in [3.8, 4) is 11.4 Å². The van der Waals surface area contributed by atoms with Crippen LogP contribution in [-0.4, -0.2) is 47.7 Å². The molecule has 4 rings (SSSR count). The number of benzene rings is 3. The molecule has 0 saturated carbocycles. The Balaban J connectivity index is 1.92. The Labute approximate surface area is 210 Å². The second-order valence-electron chi connectivity index (χ2n) is 8.82. The Morgan fingerprint density at radius 3 is 2.53 bits per heavy atom. The highest BCUT2D eigenvalue weighted by atomic mass is 16.5. The summed E-state index contributed by atoms with van der Waals surface area (Å²) in [7, 11) is 3.16. The summed E-state index contributed by atoms with van der Waals surface area (Å²) in [5.74, 6) is 0.877. The van der Waals surface area contributed by atoms with Crippen molar-refractivity contribution in [2.75, 3.05) is 27.4 Å². The number of carbonyl (C=O) groups is 1. The third kappa shape index (κ3) is 4.88. The zero-order valence-electron chi connectivity index (χ0n) is 21.3. The van der Waals surface area contributed by atoms with E-state index in [0.717, 1.165) is 16.8 Å². The number of aromatic nitrogens is 2. The Kier molecular flexibility index (Phi) is 7.50. The lowest BCUT2D eigenvalue weighted by molar-refractivity contribution is 0.0605. The predicted octanol–water partition coefficient (Wildman–Crippen LogP) is 4.86. The highest BCUT2D eigenvalue weighted by molar-refractivity contribution is 5.95. The van der Waals surface area contributed by atoms with Gasteiger partial charge in [0, 0.05) is 19.2 Å². The van der Waals surface area contributed by atoms with Gasteiger partial charge in [-0.25, -0.2) is 4.98 Å². The highest BCUT2D eigenvalue weighted by Gasteiger charge is 2.28. The number of hydrogen-bond acceptors (Lipinski definition) is 5. The molecule has 4 aromatic rings. The number of ether oxygens (including phenoxy) is 2. The predicted molar refractivity (Wildman–Crippen MR) is 141 cm³/mol. The number of fused-ring (bicyclic) bond motifs is 1. The SMILES string of the molecule is COCCN(C(=O)c1cccc(OC)c1)C(C)c1nc2ccccc2c(=O)n1-c1ccc(C)cc1C. The Bertz CT molecular complexity index is 1460. The molecule has 36 heavy (non-hydrogen) atoms. The molecule has 0 bridgehead atoms. The number of aryl methyl sites for hydroxylation is 2. The zero-order valence-corrected chi connectivity index (χ0v) is 21.3. The molecule has 0 radical (unpaired) electrons. The largest absolute Gasteiger partial charge is 0.497 e. The van der Waals surface area contributed by atoms with Gasteiger partial charge in [-0.15, -0.1) is 0 Å². The van der Waals surface area contributed by atoms with E-state index in [0.29, 0.717) is 41.2 Å². The first-order valence-electron chi connectivity index (χ1n) is 11.9. The Morgan fingerprint density at radius 2 is 1.81 bits per heavy atom. The number of hydrogen-bond donors (Lipinski definition) is 0. The quantitative estimate of drug-likeness (QED) is 0.356. The Morgan fingerprint density at radius 1 is 1.03 bits per heavy atom. The minimum Gasteiger partial charge on any atom is -0.497 e. The summed E-state index contributed by atoms with van der Waals surface area (Å²) in [6.07, 6.45) is 0. The number of carbonyl (C=O) groups excluding carboxylic acids is 1. The van der Waals surface area contributed by atoms with Crippen molar-refractivity contribution in [1.82, 2.24) is 14.5 Å². The van der Waals surface area contributed by atoms with Gasteiger partial charge in [0.15, 0.2) is 0 Å². The normalized spacial score (nSPS) is 11.9. The third-order valence-electron chi connectivity index (χ3n) is 6.35. The molecule has 0 N–H and O–H groups in total. The molecule has 0 aliphatic carbocycles. The van der Waals surface area contributed by atoms with Gasteiger partial charge in [0.25, 0.3) is 11.5 Å². The van der Waals surface area contributed by atoms with Gasteiger partial charge in [0.2, 0.25) is 0 Å². The second kappa shape index (κ2) is 10.7. The average Bonchev–Trinajstić information content (AvgIpc) is 2.89. The molecule has 1 heterocycles. The highest BCUT2D eigenvalue weighted by Crippen LogP contribution is 2.26. The molecule has 186 valence electrons. The summed E-state index contributed by atoms with van der Waals surface area (Å²) in [5.41, 5.74) is 3.69. The van der Waals surface area contributed by atoms with Gasteiger partial charge in [0.1, 0.15) is 11.6 Å². The molecule has 0 spiro atoms. The van der Waals surface area contributed by atoms with Gasteiger partial charge in [-0.2, -0.15) is 0 Å². The van der Waals surface area contributed by atoms with Crippen LogP contribution in [0.25, 0.3) is 16.6 Å². The van der Waals surface area contributed by atoms with E-state index in [-0.39, 0.29) is 11.5 Å². The smallest absolute Gasteiger partial charge is 0.266 e. The maximum absolute atomic E-state index is 13.8. The van der Waals surface area contributed by atoms with E-state index in [9.17, 15) is 9.59 Å². The molecule has 1 aromatic heterocycles. The summed E-state index contributed by atoms with van der Waals surface area (Å²) in [4.78, 5) is 34.2. The fraction of sp³-hybridized carbons (Fsp3) is 0.276. The van der Waals surface area contributed by atoms with E-state index in [1.807, 2.05) is 57.2 Å². The summed E-state index contributed by atoms with van der Waals surface area (Å²) in [6, 6.07) is 19.7. The lowest BCUT2D eigenvalue weighted by atomic mass is 10.1. The second-order valence-corrected chi connectivity index (χ2v) is 8.82. The molecule has 0 saturated heterocycles. The number of amides is 1. The van der Waals surface area contributed by atoms with Crippen molar-refractivity contribution in [3.63, 3.8) is 0 Å². The summed E-state index contributed by atoms with van der Waals surface area (Å²) in [6.45, 7) is 6.54. The molecule has 1 atom stereocenters. The standard InChI is InChI=1S/C29H31N3O4/c1-19-13-14-26(20(2)17-19)32-27(30-25-12-7-6-11-24(25)29(32)34)21(3)31(15-16-35-4)28(33)22-9-8-10-23(18-22)36-5/h6-14,17-18,21H,15-16H2,1-5H3. The average molecular weight is 486 g/mol. The van der Waals surface area contributed by atoms with Crippen molar-refractivity contribution in [1.29, 1.82) is 0 Å². The topological polar surface area (TPSA) is 73.7 Å². The monoisotopic (exact) mass is 485 g/mol. The van der Waals surface area contributed by atoms with E-state index in [2.05, 4.69) is 0 Å². The van der Waals surface area contributed by atoms with Gasteiger partial charge < -0.3 is 14.4 Å². The van der Waals surface area contributed by atoms with Crippen LogP contribution in [0.15, 0.2) is 71.5 Å². The minimum absolute atomic E-state index is 0.171. The van der Waals surface area contributed by atoms with Crippen LogP contribution in [0.5, 0.6) is 5.75 Å². The molecule has 0 aliphatic heterocycles. The van der Waals surface area contributed by atoms with Gasteiger partial charge in [-0.1, -0.05) is 35.9 Å². The van der Waals surface area contributed by atoms with Crippen LogP contribution in [0.2, 0.25) is 0 Å². The first kappa shape index (κ1) is 25.1. The van der Waals surface area contributed by atoms with Crippen LogP contribution < -0.4 is 10.3 Å². The summed E-state index contributed by atoms with van der Waals surface area (Å²) < 4.78 is 12.3. The van der Waals surface area contributed by atoms with Gasteiger partial charge in [0.05, 0.1) is 36.3 Å². The third-order valence-corrected chi connectivity index (χ3v) is 6.35. The lowest BCUT2D eigenvalue weighted by Crippen LogP contribution is -2.39. The first-order valence-corrected chi connectivity index (χ1v) is 11.9. The maximum Gasteiger partial charge on any atom is 0.266 e. The van der Waals surface area contributed by atoms with E-state index in [1.165, 1.54) is 0 Å². The number of nitrogens with zero attached hydrogens (tertiary/aromatic N) is 3. The van der Waals surface area contributed by atoms with Crippen LogP contribution in [0.3, 0.4) is 0 Å². The molecule has 1 amide bonds. The molecule has 0 aliphatic rings. The van der Waals surface area contributed by atoms with Crippen molar-refractivity contribution in [2.45, 2.75) is 26.8 Å². The molecule has 7 heteroatoms. The zero-order chi connectivity index (χ0) is 25.8. The van der Waals surface area contributed by atoms with Crippen molar-refractivity contribution in [2.24, 2.45) is 0 Å². The first-order chi connectivity index (χ1) is 17.3. The van der Waals surface area contributed by atoms with Crippen molar-refractivity contribution < 1.29 is 14.3 Å². The fourth-order valence-electron chi connectivity index (χ4n) is 4.44. The molecule has 3 aromatic carbocycles. The van der Waals surface area contributed by atoms with Crippen LogP contribution in [-0.2, 0) is 4.74 Å². The van der Waals surface area contributed by atoms with Crippen LogP contribution in [0, 0.1) is 13.8 Å². The van der Waals surface area contributed by atoms with Crippen LogP contribution >= 0.6 is 0 Å². The molecule has 1 unspecified atom stereocenters. The van der Waals surface area contributed by atoms with Gasteiger partial charge >= 0.3 is 0 Å². The lowest BCUT2D eigenvalue weighted by Gasteiger charge is -2.31. The molecule has 0 fully saturated rings. The van der Waals surface area contributed by atoms with Crippen molar-refractivity contribution in [3.05, 3.63) is 99.6 Å². The summed E-state index contributed by atoms with van der Waals surface area (Å²) >= 11 is 0.